The summed E-state index contributed by atoms with van der Waals surface area (Å²) in [6.07, 6.45) is 3.20. The molecule has 1 heterocycles. The van der Waals surface area contributed by atoms with Gasteiger partial charge in [-0.3, -0.25) is 4.79 Å². The third-order valence-electron chi connectivity index (χ3n) is 4.01. The van der Waals surface area contributed by atoms with E-state index in [2.05, 4.69) is 10.3 Å². The number of likely N-dealkylation sites (N-methyl/N-ethyl adjacent to an activating group) is 1. The van der Waals surface area contributed by atoms with Crippen LogP contribution < -0.4 is 5.32 Å². The van der Waals surface area contributed by atoms with E-state index in [0.717, 1.165) is 20.8 Å². The van der Waals surface area contributed by atoms with Crippen molar-refractivity contribution in [3.8, 4) is 0 Å². The van der Waals surface area contributed by atoms with Crippen LogP contribution in [-0.2, 0) is 4.79 Å². The van der Waals surface area contributed by atoms with Gasteiger partial charge in [0.1, 0.15) is 10.8 Å². The topological polar surface area (TPSA) is 45.2 Å². The van der Waals surface area contributed by atoms with Crippen LogP contribution in [0, 0.1) is 5.82 Å². The smallest absolute Gasteiger partial charge is 0.244 e. The first kappa shape index (κ1) is 18.2. The van der Waals surface area contributed by atoms with Crippen LogP contribution >= 0.6 is 11.3 Å². The summed E-state index contributed by atoms with van der Waals surface area (Å²) >= 11 is 1.54. The average molecular weight is 369 g/mol. The Morgan fingerprint density at radius 1 is 1.27 bits per heavy atom. The summed E-state index contributed by atoms with van der Waals surface area (Å²) in [7, 11) is 3.80. The molecule has 1 amide bonds. The Morgan fingerprint density at radius 3 is 2.81 bits per heavy atom. The number of hydrogen-bond acceptors (Lipinski definition) is 4. The molecule has 0 fully saturated rings. The van der Waals surface area contributed by atoms with Crippen molar-refractivity contribution in [3.63, 3.8) is 0 Å². The minimum atomic E-state index is -0.281. The first-order valence-electron chi connectivity index (χ1n) is 8.26. The van der Waals surface area contributed by atoms with E-state index in [0.29, 0.717) is 6.54 Å². The maximum atomic E-state index is 13.5. The number of hydrogen-bond donors (Lipinski definition) is 1. The number of fused-ring (bicyclic) bond motifs is 1. The SMILES string of the molecule is CN(C)C(CNC(=O)/C=C/c1nc2ccccc2s1)c1cccc(F)c1. The van der Waals surface area contributed by atoms with Gasteiger partial charge < -0.3 is 10.2 Å². The summed E-state index contributed by atoms with van der Waals surface area (Å²) in [6, 6.07) is 14.2. The maximum Gasteiger partial charge on any atom is 0.244 e. The van der Waals surface area contributed by atoms with E-state index in [9.17, 15) is 9.18 Å². The lowest BCUT2D eigenvalue weighted by Crippen LogP contribution is -2.33. The molecule has 6 heteroatoms. The molecule has 0 saturated carbocycles. The van der Waals surface area contributed by atoms with E-state index in [1.54, 1.807) is 12.1 Å². The van der Waals surface area contributed by atoms with Crippen molar-refractivity contribution in [2.24, 2.45) is 0 Å². The number of amides is 1. The fourth-order valence-electron chi connectivity index (χ4n) is 2.68. The van der Waals surface area contributed by atoms with Gasteiger partial charge in [-0.25, -0.2) is 9.37 Å². The zero-order valence-electron chi connectivity index (χ0n) is 14.6. The lowest BCUT2D eigenvalue weighted by Gasteiger charge is -2.24. The Hall–Kier alpha value is -2.57. The van der Waals surface area contributed by atoms with Crippen molar-refractivity contribution in [2.45, 2.75) is 6.04 Å². The van der Waals surface area contributed by atoms with E-state index >= 15 is 0 Å². The van der Waals surface area contributed by atoms with E-state index in [1.807, 2.05) is 49.3 Å². The van der Waals surface area contributed by atoms with Gasteiger partial charge >= 0.3 is 0 Å². The van der Waals surface area contributed by atoms with Gasteiger partial charge in [0.05, 0.1) is 16.3 Å². The van der Waals surface area contributed by atoms with Gasteiger partial charge in [0, 0.05) is 12.6 Å². The monoisotopic (exact) mass is 369 g/mol. The summed E-state index contributed by atoms with van der Waals surface area (Å²) in [5.41, 5.74) is 1.75. The second-order valence-corrected chi connectivity index (χ2v) is 7.19. The molecule has 26 heavy (non-hydrogen) atoms. The Kier molecular flexibility index (Phi) is 5.75. The molecule has 4 nitrogen and oxygen atoms in total. The van der Waals surface area contributed by atoms with Gasteiger partial charge in [0.25, 0.3) is 0 Å². The largest absolute Gasteiger partial charge is 0.351 e. The lowest BCUT2D eigenvalue weighted by atomic mass is 10.1. The molecule has 3 aromatic rings. The highest BCUT2D eigenvalue weighted by Crippen LogP contribution is 2.22. The van der Waals surface area contributed by atoms with Crippen LogP contribution in [0.1, 0.15) is 16.6 Å². The summed E-state index contributed by atoms with van der Waals surface area (Å²) < 4.78 is 14.6. The van der Waals surface area contributed by atoms with E-state index in [-0.39, 0.29) is 17.8 Å². The minimum Gasteiger partial charge on any atom is -0.351 e. The average Bonchev–Trinajstić information content (AvgIpc) is 3.03. The molecule has 134 valence electrons. The van der Waals surface area contributed by atoms with Crippen LogP contribution in [0.3, 0.4) is 0 Å². The molecule has 1 unspecified atom stereocenters. The second-order valence-electron chi connectivity index (χ2n) is 6.13. The Bertz CT molecular complexity index is 902. The highest BCUT2D eigenvalue weighted by Gasteiger charge is 2.15. The maximum absolute atomic E-state index is 13.5. The highest BCUT2D eigenvalue weighted by molar-refractivity contribution is 7.19. The number of benzene rings is 2. The van der Waals surface area contributed by atoms with Crippen molar-refractivity contribution in [1.82, 2.24) is 15.2 Å². The summed E-state index contributed by atoms with van der Waals surface area (Å²) in [5.74, 6) is -0.482. The van der Waals surface area contributed by atoms with Gasteiger partial charge in [-0.15, -0.1) is 11.3 Å². The fraction of sp³-hybridized carbons (Fsp3) is 0.200. The molecular formula is C20H20FN3OS. The molecule has 0 bridgehead atoms. The van der Waals surface area contributed by atoms with E-state index in [1.165, 1.54) is 29.5 Å². The number of para-hydroxylation sites is 1. The first-order valence-corrected chi connectivity index (χ1v) is 9.08. The Labute approximate surface area is 156 Å². The van der Waals surface area contributed by atoms with Crippen molar-refractivity contribution in [2.75, 3.05) is 20.6 Å². The molecule has 0 aliphatic rings. The summed E-state index contributed by atoms with van der Waals surface area (Å²) in [5, 5.41) is 3.66. The van der Waals surface area contributed by atoms with Crippen LogP contribution in [0.25, 0.3) is 16.3 Å². The summed E-state index contributed by atoms with van der Waals surface area (Å²) in [6.45, 7) is 0.388. The van der Waals surface area contributed by atoms with Gasteiger partial charge in [-0.2, -0.15) is 0 Å². The quantitative estimate of drug-likeness (QED) is 0.671. The molecule has 1 atom stereocenters. The number of carbonyl (C=O) groups is 1. The standard InChI is InChI=1S/C20H20FN3OS/c1-24(2)17(14-6-5-7-15(21)12-14)13-22-19(25)10-11-20-23-16-8-3-4-9-18(16)26-20/h3-12,17H,13H2,1-2H3,(H,22,25)/b11-10+. The van der Waals surface area contributed by atoms with Gasteiger partial charge in [-0.1, -0.05) is 24.3 Å². The molecule has 0 radical (unpaired) electrons. The molecule has 0 aliphatic heterocycles. The Morgan fingerprint density at radius 2 is 2.08 bits per heavy atom. The third kappa shape index (κ3) is 4.53. The van der Waals surface area contributed by atoms with Crippen LogP contribution in [-0.4, -0.2) is 36.4 Å². The van der Waals surface area contributed by atoms with Crippen molar-refractivity contribution in [1.29, 1.82) is 0 Å². The van der Waals surface area contributed by atoms with E-state index < -0.39 is 0 Å². The number of thiazole rings is 1. The van der Waals surface area contributed by atoms with Gasteiger partial charge in [-0.05, 0) is 50.0 Å². The molecule has 1 N–H and O–H groups in total. The number of nitrogens with zero attached hydrogens (tertiary/aromatic N) is 2. The molecule has 1 aromatic heterocycles. The summed E-state index contributed by atoms with van der Waals surface area (Å²) in [4.78, 5) is 18.6. The van der Waals surface area contributed by atoms with E-state index in [4.69, 9.17) is 0 Å². The van der Waals surface area contributed by atoms with Crippen molar-refractivity contribution in [3.05, 3.63) is 71.0 Å². The lowest BCUT2D eigenvalue weighted by molar-refractivity contribution is -0.116. The van der Waals surface area contributed by atoms with Crippen LogP contribution in [0.4, 0.5) is 4.39 Å². The zero-order chi connectivity index (χ0) is 18.5. The molecule has 0 spiro atoms. The van der Waals surface area contributed by atoms with Crippen molar-refractivity contribution < 1.29 is 9.18 Å². The Balaban J connectivity index is 1.63. The number of carbonyl (C=O) groups excluding carboxylic acids is 1. The predicted octanol–water partition coefficient (Wildman–Crippen LogP) is 3.87. The molecule has 3 rings (SSSR count). The highest BCUT2D eigenvalue weighted by atomic mass is 32.1. The second kappa shape index (κ2) is 8.21. The number of rotatable bonds is 6. The normalized spacial score (nSPS) is 12.8. The van der Waals surface area contributed by atoms with Crippen LogP contribution in [0.2, 0.25) is 0 Å². The van der Waals surface area contributed by atoms with Crippen LogP contribution in [0.15, 0.2) is 54.6 Å². The molecule has 0 saturated heterocycles. The number of halogens is 1. The molecule has 0 aliphatic carbocycles. The fourth-order valence-corrected chi connectivity index (χ4v) is 3.55. The molecule has 2 aromatic carbocycles. The number of aromatic nitrogens is 1. The minimum absolute atomic E-state index is 0.106. The van der Waals surface area contributed by atoms with Gasteiger partial charge in [0.15, 0.2) is 0 Å². The first-order chi connectivity index (χ1) is 12.5. The predicted molar refractivity (Wildman–Crippen MR) is 104 cm³/mol. The molecular weight excluding hydrogens is 349 g/mol. The third-order valence-corrected chi connectivity index (χ3v) is 5.02. The van der Waals surface area contributed by atoms with Crippen LogP contribution in [0.5, 0.6) is 0 Å². The number of nitrogens with one attached hydrogen (secondary N) is 1. The van der Waals surface area contributed by atoms with Gasteiger partial charge in [0.2, 0.25) is 5.91 Å². The zero-order valence-corrected chi connectivity index (χ0v) is 15.5. The van der Waals surface area contributed by atoms with Crippen molar-refractivity contribution >= 4 is 33.5 Å².